The summed E-state index contributed by atoms with van der Waals surface area (Å²) in [6.45, 7) is 1.51. The third-order valence-corrected chi connectivity index (χ3v) is 4.07. The van der Waals surface area contributed by atoms with Crippen molar-refractivity contribution < 1.29 is 27.5 Å². The van der Waals surface area contributed by atoms with E-state index in [0.717, 1.165) is 28.2 Å². The van der Waals surface area contributed by atoms with Crippen molar-refractivity contribution in [2.75, 3.05) is 13.2 Å². The SMILES string of the molecule is Cc1cc(/C=C/C(=O)OCC(=O)NCC(F)(F)F)c(C)n1-c1nccs1. The second-order valence-electron chi connectivity index (χ2n) is 5.31. The van der Waals surface area contributed by atoms with Gasteiger partial charge in [-0.05, 0) is 31.6 Å². The van der Waals surface area contributed by atoms with Gasteiger partial charge in [-0.3, -0.25) is 9.36 Å². The number of ether oxygens (including phenoxy) is 1. The Bertz CT molecular complexity index is 811. The van der Waals surface area contributed by atoms with Crippen LogP contribution in [0.4, 0.5) is 13.2 Å². The number of amides is 1. The summed E-state index contributed by atoms with van der Waals surface area (Å²) >= 11 is 1.47. The molecule has 0 aliphatic rings. The molecule has 0 spiro atoms. The molecular weight excluding hydrogens is 371 g/mol. The van der Waals surface area contributed by atoms with Crippen molar-refractivity contribution in [1.29, 1.82) is 0 Å². The van der Waals surface area contributed by atoms with Crippen LogP contribution in [-0.2, 0) is 14.3 Å². The van der Waals surface area contributed by atoms with Gasteiger partial charge in [-0.15, -0.1) is 11.3 Å². The Kier molecular flexibility index (Phi) is 6.19. The van der Waals surface area contributed by atoms with E-state index in [9.17, 15) is 22.8 Å². The monoisotopic (exact) mass is 387 g/mol. The number of rotatable bonds is 6. The Morgan fingerprint density at radius 2 is 2.12 bits per heavy atom. The maximum atomic E-state index is 12.0. The lowest BCUT2D eigenvalue weighted by atomic mass is 10.2. The van der Waals surface area contributed by atoms with Crippen LogP contribution in [-0.4, -0.2) is 40.8 Å². The molecule has 0 aromatic carbocycles. The van der Waals surface area contributed by atoms with Crippen LogP contribution in [0.2, 0.25) is 0 Å². The zero-order chi connectivity index (χ0) is 19.3. The van der Waals surface area contributed by atoms with Crippen molar-refractivity contribution in [2.24, 2.45) is 0 Å². The van der Waals surface area contributed by atoms with Gasteiger partial charge in [-0.1, -0.05) is 0 Å². The van der Waals surface area contributed by atoms with Gasteiger partial charge in [0.2, 0.25) is 0 Å². The highest BCUT2D eigenvalue weighted by Gasteiger charge is 2.27. The molecule has 0 aliphatic heterocycles. The molecule has 0 bridgehead atoms. The van der Waals surface area contributed by atoms with E-state index in [4.69, 9.17) is 0 Å². The van der Waals surface area contributed by atoms with Crippen molar-refractivity contribution in [3.63, 3.8) is 0 Å². The number of nitrogens with one attached hydrogen (secondary N) is 1. The second-order valence-corrected chi connectivity index (χ2v) is 6.18. The molecule has 0 saturated carbocycles. The van der Waals surface area contributed by atoms with Gasteiger partial charge in [-0.25, -0.2) is 9.78 Å². The van der Waals surface area contributed by atoms with Crippen LogP contribution in [0, 0.1) is 13.8 Å². The third kappa shape index (κ3) is 5.45. The smallest absolute Gasteiger partial charge is 0.405 e. The summed E-state index contributed by atoms with van der Waals surface area (Å²) in [7, 11) is 0. The van der Waals surface area contributed by atoms with E-state index in [1.807, 2.05) is 29.9 Å². The maximum absolute atomic E-state index is 12.0. The molecule has 1 N–H and O–H groups in total. The number of hydrogen-bond donors (Lipinski definition) is 1. The van der Waals surface area contributed by atoms with Crippen LogP contribution >= 0.6 is 11.3 Å². The summed E-state index contributed by atoms with van der Waals surface area (Å²) in [5, 5.41) is 4.26. The van der Waals surface area contributed by atoms with Crippen LogP contribution in [0.3, 0.4) is 0 Å². The Hall–Kier alpha value is -2.62. The number of halogens is 3. The Labute approximate surface area is 151 Å². The van der Waals surface area contributed by atoms with E-state index in [2.05, 4.69) is 9.72 Å². The Balaban J connectivity index is 1.93. The average Bonchev–Trinajstić information content (AvgIpc) is 3.16. The number of esters is 1. The van der Waals surface area contributed by atoms with Crippen molar-refractivity contribution in [1.82, 2.24) is 14.9 Å². The molecule has 6 nitrogen and oxygen atoms in total. The highest BCUT2D eigenvalue weighted by atomic mass is 32.1. The summed E-state index contributed by atoms with van der Waals surface area (Å²) < 4.78 is 42.4. The topological polar surface area (TPSA) is 73.2 Å². The van der Waals surface area contributed by atoms with E-state index in [1.165, 1.54) is 17.4 Å². The Morgan fingerprint density at radius 3 is 2.73 bits per heavy atom. The number of carbonyl (C=O) groups is 2. The van der Waals surface area contributed by atoms with Crippen molar-refractivity contribution in [3.05, 3.63) is 40.7 Å². The highest BCUT2D eigenvalue weighted by Crippen LogP contribution is 2.23. The molecule has 2 heterocycles. The molecule has 2 aromatic rings. The van der Waals surface area contributed by atoms with Gasteiger partial charge >= 0.3 is 12.1 Å². The van der Waals surface area contributed by atoms with E-state index < -0.39 is 31.2 Å². The number of nitrogens with zero attached hydrogens (tertiary/aromatic N) is 2. The van der Waals surface area contributed by atoms with Crippen LogP contribution in [0.15, 0.2) is 23.7 Å². The molecule has 0 unspecified atom stereocenters. The third-order valence-electron chi connectivity index (χ3n) is 3.31. The van der Waals surface area contributed by atoms with Crippen LogP contribution in [0.5, 0.6) is 0 Å². The molecule has 1 amide bonds. The van der Waals surface area contributed by atoms with Crippen LogP contribution in [0.25, 0.3) is 11.2 Å². The quantitative estimate of drug-likeness (QED) is 0.611. The number of hydrogen-bond acceptors (Lipinski definition) is 5. The minimum atomic E-state index is -4.51. The molecule has 26 heavy (non-hydrogen) atoms. The molecule has 10 heteroatoms. The predicted molar refractivity (Wildman–Crippen MR) is 90.0 cm³/mol. The number of thiazole rings is 1. The standard InChI is InChI=1S/C16H16F3N3O3S/c1-10-7-12(11(2)22(10)15-20-5-6-26-15)3-4-14(24)25-8-13(23)21-9-16(17,18)19/h3-7H,8-9H2,1-2H3,(H,21,23)/b4-3+. The van der Waals surface area contributed by atoms with Crippen molar-refractivity contribution >= 4 is 29.3 Å². The maximum Gasteiger partial charge on any atom is 0.405 e. The van der Waals surface area contributed by atoms with Gasteiger partial charge < -0.3 is 10.1 Å². The van der Waals surface area contributed by atoms with E-state index >= 15 is 0 Å². The van der Waals surface area contributed by atoms with Crippen LogP contribution in [0.1, 0.15) is 17.0 Å². The molecular formula is C16H16F3N3O3S. The normalized spacial score (nSPS) is 11.7. The summed E-state index contributed by atoms with van der Waals surface area (Å²) in [6.07, 6.45) is -0.192. The molecule has 0 radical (unpaired) electrons. The number of aromatic nitrogens is 2. The molecule has 0 saturated heterocycles. The molecule has 2 rings (SSSR count). The number of alkyl halides is 3. The van der Waals surface area contributed by atoms with E-state index in [1.54, 1.807) is 11.5 Å². The lowest BCUT2D eigenvalue weighted by Crippen LogP contribution is -2.36. The largest absolute Gasteiger partial charge is 0.452 e. The number of aryl methyl sites for hydroxylation is 1. The van der Waals surface area contributed by atoms with E-state index in [-0.39, 0.29) is 0 Å². The second kappa shape index (κ2) is 8.17. The fraction of sp³-hybridized carbons (Fsp3) is 0.312. The van der Waals surface area contributed by atoms with Gasteiger partial charge in [0.1, 0.15) is 6.54 Å². The molecule has 140 valence electrons. The fourth-order valence-corrected chi connectivity index (χ4v) is 2.92. The number of carbonyl (C=O) groups excluding carboxylic acids is 2. The first-order valence-electron chi connectivity index (χ1n) is 7.44. The summed E-state index contributed by atoms with van der Waals surface area (Å²) in [5.74, 6) is -1.85. The summed E-state index contributed by atoms with van der Waals surface area (Å²) in [6, 6.07) is 1.86. The van der Waals surface area contributed by atoms with Crippen LogP contribution < -0.4 is 5.32 Å². The molecule has 0 aliphatic carbocycles. The highest BCUT2D eigenvalue weighted by molar-refractivity contribution is 7.12. The first-order chi connectivity index (χ1) is 12.2. The lowest BCUT2D eigenvalue weighted by molar-refractivity contribution is -0.148. The minimum Gasteiger partial charge on any atom is -0.452 e. The van der Waals surface area contributed by atoms with Gasteiger partial charge in [0.25, 0.3) is 5.91 Å². The van der Waals surface area contributed by atoms with Gasteiger partial charge in [0.15, 0.2) is 11.7 Å². The van der Waals surface area contributed by atoms with E-state index in [0.29, 0.717) is 0 Å². The minimum absolute atomic E-state index is 0.760. The first kappa shape index (κ1) is 19.7. The molecule has 2 aromatic heterocycles. The lowest BCUT2D eigenvalue weighted by Gasteiger charge is -2.07. The van der Waals surface area contributed by atoms with Gasteiger partial charge in [0.05, 0.1) is 0 Å². The Morgan fingerprint density at radius 1 is 1.38 bits per heavy atom. The van der Waals surface area contributed by atoms with Crippen molar-refractivity contribution in [2.45, 2.75) is 20.0 Å². The molecule has 0 fully saturated rings. The summed E-state index contributed by atoms with van der Waals surface area (Å²) in [5.41, 5.74) is 2.55. The first-order valence-corrected chi connectivity index (χ1v) is 8.32. The summed E-state index contributed by atoms with van der Waals surface area (Å²) in [4.78, 5) is 27.0. The molecule has 0 atom stereocenters. The zero-order valence-corrected chi connectivity index (χ0v) is 14.8. The zero-order valence-electron chi connectivity index (χ0n) is 14.0. The van der Waals surface area contributed by atoms with Gasteiger partial charge in [0, 0.05) is 29.0 Å². The fourth-order valence-electron chi connectivity index (χ4n) is 2.17. The van der Waals surface area contributed by atoms with Gasteiger partial charge in [-0.2, -0.15) is 13.2 Å². The predicted octanol–water partition coefficient (Wildman–Crippen LogP) is 2.79. The average molecular weight is 387 g/mol. The van der Waals surface area contributed by atoms with Crippen molar-refractivity contribution in [3.8, 4) is 5.13 Å².